The number of hydrogen-bond donors (Lipinski definition) is 0. The zero-order chi connectivity index (χ0) is 15.7. The molecule has 116 valence electrons. The van der Waals surface area contributed by atoms with E-state index in [2.05, 4.69) is 0 Å². The van der Waals surface area contributed by atoms with Crippen molar-refractivity contribution in [1.82, 2.24) is 0 Å². The molecule has 2 aliphatic rings. The lowest BCUT2D eigenvalue weighted by atomic mass is 10.1. The van der Waals surface area contributed by atoms with Gasteiger partial charge in [0.05, 0.1) is 6.61 Å². The second-order valence-corrected chi connectivity index (χ2v) is 6.03. The van der Waals surface area contributed by atoms with E-state index in [9.17, 15) is 9.59 Å². The number of benzene rings is 1. The summed E-state index contributed by atoms with van der Waals surface area (Å²) in [5.74, 6) is -1.33. The van der Waals surface area contributed by atoms with Gasteiger partial charge in [-0.1, -0.05) is 18.2 Å². The quantitative estimate of drug-likeness (QED) is 0.486. The third-order valence-corrected chi connectivity index (χ3v) is 3.51. The van der Waals surface area contributed by atoms with Crippen molar-refractivity contribution < 1.29 is 23.8 Å². The van der Waals surface area contributed by atoms with Gasteiger partial charge in [-0.05, 0) is 30.9 Å². The summed E-state index contributed by atoms with van der Waals surface area (Å²) in [5.41, 5.74) is 0.536. The Labute approximate surface area is 128 Å². The first-order valence-electron chi connectivity index (χ1n) is 7.35. The highest BCUT2D eigenvalue weighted by Gasteiger charge is 2.39. The Morgan fingerprint density at radius 1 is 1.18 bits per heavy atom. The van der Waals surface area contributed by atoms with Gasteiger partial charge in [0.1, 0.15) is 11.3 Å². The number of carbonyl (C=O) groups excluding carboxylic acids is 2. The molecular formula is C17H18O5. The van der Waals surface area contributed by atoms with Gasteiger partial charge in [0.25, 0.3) is 5.79 Å². The van der Waals surface area contributed by atoms with Crippen LogP contribution in [0.3, 0.4) is 0 Å². The lowest BCUT2D eigenvalue weighted by Crippen LogP contribution is -2.41. The fraction of sp³-hybridized carbons (Fsp3) is 0.412. The van der Waals surface area contributed by atoms with Crippen LogP contribution in [0.25, 0.3) is 6.08 Å². The van der Waals surface area contributed by atoms with Crippen LogP contribution in [0.4, 0.5) is 0 Å². The molecule has 0 spiro atoms. The van der Waals surface area contributed by atoms with E-state index < -0.39 is 17.7 Å². The molecule has 0 amide bonds. The van der Waals surface area contributed by atoms with E-state index >= 15 is 0 Å². The second-order valence-electron chi connectivity index (χ2n) is 6.03. The summed E-state index contributed by atoms with van der Waals surface area (Å²) in [4.78, 5) is 24.0. The first kappa shape index (κ1) is 14.6. The molecule has 1 saturated carbocycles. The van der Waals surface area contributed by atoms with Crippen LogP contribution in [0.2, 0.25) is 0 Å². The SMILES string of the molecule is CC1(C)OC(=O)C(=Cc2ccccc2OCC2CC2)C(=O)O1. The molecule has 1 saturated heterocycles. The average molecular weight is 302 g/mol. The van der Waals surface area contributed by atoms with Gasteiger partial charge in [-0.3, -0.25) is 0 Å². The van der Waals surface area contributed by atoms with Gasteiger partial charge in [-0.25, -0.2) is 9.59 Å². The zero-order valence-electron chi connectivity index (χ0n) is 12.6. The summed E-state index contributed by atoms with van der Waals surface area (Å²) < 4.78 is 15.9. The van der Waals surface area contributed by atoms with Crippen LogP contribution >= 0.6 is 0 Å². The van der Waals surface area contributed by atoms with Crippen molar-refractivity contribution in [3.8, 4) is 5.75 Å². The van der Waals surface area contributed by atoms with Crippen molar-refractivity contribution in [2.45, 2.75) is 32.5 Å². The van der Waals surface area contributed by atoms with Gasteiger partial charge in [0.2, 0.25) is 0 Å². The van der Waals surface area contributed by atoms with Crippen molar-refractivity contribution >= 4 is 18.0 Å². The van der Waals surface area contributed by atoms with Crippen LogP contribution < -0.4 is 4.74 Å². The van der Waals surface area contributed by atoms with Gasteiger partial charge in [-0.2, -0.15) is 0 Å². The van der Waals surface area contributed by atoms with Crippen molar-refractivity contribution in [1.29, 1.82) is 0 Å². The van der Waals surface area contributed by atoms with Gasteiger partial charge in [0.15, 0.2) is 0 Å². The van der Waals surface area contributed by atoms with Crippen LogP contribution in [0, 0.1) is 5.92 Å². The van der Waals surface area contributed by atoms with E-state index in [4.69, 9.17) is 14.2 Å². The van der Waals surface area contributed by atoms with E-state index in [1.165, 1.54) is 32.8 Å². The number of rotatable bonds is 4. The van der Waals surface area contributed by atoms with Crippen molar-refractivity contribution in [2.24, 2.45) is 5.92 Å². The Bertz CT molecular complexity index is 618. The molecule has 0 atom stereocenters. The predicted octanol–water partition coefficient (Wildman–Crippen LogP) is 2.69. The van der Waals surface area contributed by atoms with E-state index in [0.717, 1.165) is 0 Å². The molecular weight excluding hydrogens is 284 g/mol. The molecule has 1 aliphatic carbocycles. The maximum absolute atomic E-state index is 12.0. The maximum atomic E-state index is 12.0. The molecule has 1 aromatic carbocycles. The third-order valence-electron chi connectivity index (χ3n) is 3.51. The number of carbonyl (C=O) groups is 2. The summed E-state index contributed by atoms with van der Waals surface area (Å²) in [6.45, 7) is 3.70. The highest BCUT2D eigenvalue weighted by molar-refractivity contribution is 6.19. The molecule has 0 N–H and O–H groups in total. The predicted molar refractivity (Wildman–Crippen MR) is 78.9 cm³/mol. The van der Waals surface area contributed by atoms with Crippen LogP contribution in [-0.4, -0.2) is 24.3 Å². The lowest BCUT2D eigenvalue weighted by Gasteiger charge is -2.29. The minimum atomic E-state index is -1.23. The molecule has 1 aliphatic heterocycles. The molecule has 0 unspecified atom stereocenters. The van der Waals surface area contributed by atoms with Crippen molar-refractivity contribution in [3.05, 3.63) is 35.4 Å². The molecule has 3 rings (SSSR count). The maximum Gasteiger partial charge on any atom is 0.348 e. The first-order valence-corrected chi connectivity index (χ1v) is 7.35. The number of para-hydroxylation sites is 1. The molecule has 0 bridgehead atoms. The Morgan fingerprint density at radius 3 is 2.45 bits per heavy atom. The van der Waals surface area contributed by atoms with Crippen LogP contribution in [0.15, 0.2) is 29.8 Å². The van der Waals surface area contributed by atoms with E-state index in [-0.39, 0.29) is 5.57 Å². The molecule has 22 heavy (non-hydrogen) atoms. The monoisotopic (exact) mass is 302 g/mol. The fourth-order valence-electron chi connectivity index (χ4n) is 2.16. The Balaban J connectivity index is 1.84. The van der Waals surface area contributed by atoms with Crippen LogP contribution in [-0.2, 0) is 19.1 Å². The van der Waals surface area contributed by atoms with Crippen molar-refractivity contribution in [2.75, 3.05) is 6.61 Å². The number of hydrogen-bond acceptors (Lipinski definition) is 5. The standard InChI is InChI=1S/C17H18O5/c1-17(2)21-15(18)13(16(19)22-17)9-12-5-3-4-6-14(12)20-10-11-7-8-11/h3-6,9,11H,7-8,10H2,1-2H3. The molecule has 0 aromatic heterocycles. The van der Waals surface area contributed by atoms with E-state index in [0.29, 0.717) is 23.8 Å². The molecule has 0 radical (unpaired) electrons. The number of cyclic esters (lactones) is 2. The number of esters is 2. The van der Waals surface area contributed by atoms with Crippen molar-refractivity contribution in [3.63, 3.8) is 0 Å². The second kappa shape index (κ2) is 5.48. The number of ether oxygens (including phenoxy) is 3. The minimum absolute atomic E-state index is 0.123. The molecule has 5 heteroatoms. The third kappa shape index (κ3) is 3.30. The zero-order valence-corrected chi connectivity index (χ0v) is 12.6. The average Bonchev–Trinajstić information content (AvgIpc) is 3.25. The summed E-state index contributed by atoms with van der Waals surface area (Å²) >= 11 is 0. The van der Waals surface area contributed by atoms with Gasteiger partial charge >= 0.3 is 11.9 Å². The van der Waals surface area contributed by atoms with Crippen LogP contribution in [0.1, 0.15) is 32.3 Å². The molecule has 1 aromatic rings. The van der Waals surface area contributed by atoms with Gasteiger partial charge in [0, 0.05) is 19.4 Å². The lowest BCUT2D eigenvalue weighted by molar-refractivity contribution is -0.222. The Hall–Kier alpha value is -2.30. The first-order chi connectivity index (χ1) is 10.4. The fourth-order valence-corrected chi connectivity index (χ4v) is 2.16. The smallest absolute Gasteiger partial charge is 0.348 e. The molecule has 1 heterocycles. The van der Waals surface area contributed by atoms with Gasteiger partial charge < -0.3 is 14.2 Å². The summed E-state index contributed by atoms with van der Waals surface area (Å²) in [6.07, 6.45) is 3.84. The minimum Gasteiger partial charge on any atom is -0.493 e. The summed E-state index contributed by atoms with van der Waals surface area (Å²) in [5, 5.41) is 0. The highest BCUT2D eigenvalue weighted by Crippen LogP contribution is 2.31. The normalized spacial score (nSPS) is 20.2. The largest absolute Gasteiger partial charge is 0.493 e. The topological polar surface area (TPSA) is 61.8 Å². The van der Waals surface area contributed by atoms with Gasteiger partial charge in [-0.15, -0.1) is 0 Å². The van der Waals surface area contributed by atoms with E-state index in [1.807, 2.05) is 18.2 Å². The Kier molecular flexibility index (Phi) is 3.64. The van der Waals surface area contributed by atoms with E-state index in [1.54, 1.807) is 6.07 Å². The summed E-state index contributed by atoms with van der Waals surface area (Å²) in [6, 6.07) is 7.28. The highest BCUT2D eigenvalue weighted by atomic mass is 16.7. The summed E-state index contributed by atoms with van der Waals surface area (Å²) in [7, 11) is 0. The molecule has 5 nitrogen and oxygen atoms in total. The van der Waals surface area contributed by atoms with Crippen LogP contribution in [0.5, 0.6) is 5.75 Å². The molecule has 2 fully saturated rings. The Morgan fingerprint density at radius 2 is 1.82 bits per heavy atom.